The Labute approximate surface area is 262 Å². The molecule has 236 valence electrons. The maximum Gasteiger partial charge on any atom is 0.408 e. The molecule has 1 fully saturated rings. The van der Waals surface area contributed by atoms with Crippen LogP contribution < -0.4 is 10.6 Å². The number of aliphatic carboxylic acids is 1. The van der Waals surface area contributed by atoms with Gasteiger partial charge in [-0.15, -0.1) is 0 Å². The summed E-state index contributed by atoms with van der Waals surface area (Å²) in [6.07, 6.45) is -0.836. The minimum absolute atomic E-state index is 0.0688. The van der Waals surface area contributed by atoms with E-state index in [2.05, 4.69) is 10.6 Å². The molecule has 1 aliphatic rings. The lowest BCUT2D eigenvalue weighted by molar-refractivity contribution is -0.141. The average molecular weight is 615 g/mol. The monoisotopic (exact) mass is 614 g/mol. The van der Waals surface area contributed by atoms with E-state index in [0.717, 1.165) is 10.5 Å². The van der Waals surface area contributed by atoms with E-state index in [4.69, 9.17) is 4.74 Å². The van der Waals surface area contributed by atoms with Crippen LogP contribution in [0.2, 0.25) is 0 Å². The van der Waals surface area contributed by atoms with Crippen molar-refractivity contribution in [3.8, 4) is 0 Å². The van der Waals surface area contributed by atoms with Crippen molar-refractivity contribution in [2.45, 2.75) is 58.0 Å². The standard InChI is InChI=1S/C34H38N4O7/c1-23(2)19-28(29(39)35-20-27(30(40)41)36-32(43)45-22-25-15-9-5-10-16-25)38-31(42)34(3,26-17-11-6-12-18-26)37(33(38)44)21-24-13-7-4-8-14-24/h4-18,23,27-28H,19-22H2,1-3H3,(H,35,39)(H,36,43)(H,40,41)/t27-,28+,34-/m0/s1. The van der Waals surface area contributed by atoms with Crippen LogP contribution in [0.25, 0.3) is 0 Å². The van der Waals surface area contributed by atoms with Crippen LogP contribution in [0.15, 0.2) is 91.0 Å². The smallest absolute Gasteiger partial charge is 0.408 e. The number of ether oxygens (including phenoxy) is 1. The summed E-state index contributed by atoms with van der Waals surface area (Å²) in [5.41, 5.74) is 0.710. The first-order valence-electron chi connectivity index (χ1n) is 14.7. The Kier molecular flexibility index (Phi) is 10.6. The van der Waals surface area contributed by atoms with E-state index < -0.39 is 54.1 Å². The number of hydrogen-bond donors (Lipinski definition) is 3. The first-order chi connectivity index (χ1) is 21.5. The fourth-order valence-corrected chi connectivity index (χ4v) is 5.27. The lowest BCUT2D eigenvalue weighted by Gasteiger charge is -2.32. The van der Waals surface area contributed by atoms with Gasteiger partial charge in [-0.05, 0) is 36.0 Å². The Balaban J connectivity index is 1.54. The molecule has 1 aliphatic heterocycles. The molecule has 3 aromatic carbocycles. The lowest BCUT2D eigenvalue weighted by Crippen LogP contribution is -2.55. The quantitative estimate of drug-likeness (QED) is 0.244. The molecule has 3 aromatic rings. The molecule has 0 unspecified atom stereocenters. The van der Waals surface area contributed by atoms with Crippen molar-refractivity contribution < 1.29 is 33.8 Å². The van der Waals surface area contributed by atoms with Crippen LogP contribution in [0.1, 0.15) is 43.9 Å². The third kappa shape index (κ3) is 7.67. The summed E-state index contributed by atoms with van der Waals surface area (Å²) >= 11 is 0. The van der Waals surface area contributed by atoms with E-state index in [1.807, 2.05) is 56.3 Å². The molecule has 0 aliphatic carbocycles. The van der Waals surface area contributed by atoms with Gasteiger partial charge in [0.25, 0.3) is 5.91 Å². The number of nitrogens with zero attached hydrogens (tertiary/aromatic N) is 2. The van der Waals surface area contributed by atoms with E-state index in [9.17, 15) is 29.1 Å². The Hall–Kier alpha value is -5.19. The summed E-state index contributed by atoms with van der Waals surface area (Å²) < 4.78 is 5.12. The number of carboxylic acid groups (broad SMARTS) is 1. The normalized spacial score (nSPS) is 17.6. The van der Waals surface area contributed by atoms with Crippen LogP contribution >= 0.6 is 0 Å². The van der Waals surface area contributed by atoms with Gasteiger partial charge in [-0.25, -0.2) is 19.3 Å². The van der Waals surface area contributed by atoms with Crippen molar-refractivity contribution in [2.75, 3.05) is 6.54 Å². The highest BCUT2D eigenvalue weighted by Gasteiger charge is 2.58. The summed E-state index contributed by atoms with van der Waals surface area (Å²) in [5.74, 6) is -2.78. The van der Waals surface area contributed by atoms with Crippen LogP contribution in [0, 0.1) is 5.92 Å². The molecular weight excluding hydrogens is 576 g/mol. The number of carboxylic acids is 1. The number of urea groups is 1. The van der Waals surface area contributed by atoms with Crippen molar-refractivity contribution in [3.05, 3.63) is 108 Å². The fourth-order valence-electron chi connectivity index (χ4n) is 5.27. The highest BCUT2D eigenvalue weighted by atomic mass is 16.5. The molecule has 1 heterocycles. The number of imide groups is 1. The minimum Gasteiger partial charge on any atom is -0.480 e. The van der Waals surface area contributed by atoms with Gasteiger partial charge in [0.05, 0.1) is 0 Å². The number of carbonyl (C=O) groups excluding carboxylic acids is 4. The van der Waals surface area contributed by atoms with Crippen LogP contribution in [0.5, 0.6) is 0 Å². The molecule has 45 heavy (non-hydrogen) atoms. The molecule has 0 bridgehead atoms. The van der Waals surface area contributed by atoms with Gasteiger partial charge < -0.3 is 25.4 Å². The number of benzene rings is 3. The Morgan fingerprint density at radius 3 is 1.98 bits per heavy atom. The zero-order valence-corrected chi connectivity index (χ0v) is 25.5. The number of amides is 5. The summed E-state index contributed by atoms with van der Waals surface area (Å²) in [7, 11) is 0. The van der Waals surface area contributed by atoms with Crippen molar-refractivity contribution in [3.63, 3.8) is 0 Å². The van der Waals surface area contributed by atoms with Gasteiger partial charge in [0.1, 0.15) is 24.2 Å². The number of nitrogens with one attached hydrogen (secondary N) is 2. The second-order valence-corrected chi connectivity index (χ2v) is 11.5. The van der Waals surface area contributed by atoms with E-state index in [-0.39, 0.29) is 25.5 Å². The zero-order chi connectivity index (χ0) is 32.6. The molecule has 5 amide bonds. The molecule has 0 radical (unpaired) electrons. The molecule has 1 saturated heterocycles. The first kappa shape index (κ1) is 32.7. The molecule has 3 atom stereocenters. The number of carbonyl (C=O) groups is 5. The van der Waals surface area contributed by atoms with Crippen molar-refractivity contribution >= 4 is 29.9 Å². The lowest BCUT2D eigenvalue weighted by atomic mass is 9.89. The number of alkyl carbamates (subject to hydrolysis) is 1. The van der Waals surface area contributed by atoms with Crippen molar-refractivity contribution in [1.29, 1.82) is 0 Å². The van der Waals surface area contributed by atoms with Gasteiger partial charge in [-0.3, -0.25) is 9.59 Å². The topological polar surface area (TPSA) is 145 Å². The van der Waals surface area contributed by atoms with E-state index >= 15 is 0 Å². The van der Waals surface area contributed by atoms with Gasteiger partial charge in [-0.2, -0.15) is 0 Å². The first-order valence-corrected chi connectivity index (χ1v) is 14.7. The summed E-state index contributed by atoms with van der Waals surface area (Å²) in [6, 6.07) is 23.6. The minimum atomic E-state index is -1.52. The van der Waals surface area contributed by atoms with Gasteiger partial charge in [0.2, 0.25) is 5.91 Å². The highest BCUT2D eigenvalue weighted by Crippen LogP contribution is 2.40. The van der Waals surface area contributed by atoms with Crippen LogP contribution in [-0.4, -0.2) is 63.4 Å². The molecule has 11 nitrogen and oxygen atoms in total. The van der Waals surface area contributed by atoms with E-state index in [0.29, 0.717) is 11.1 Å². The van der Waals surface area contributed by atoms with Crippen LogP contribution in [0.4, 0.5) is 9.59 Å². The van der Waals surface area contributed by atoms with Crippen molar-refractivity contribution in [2.24, 2.45) is 5.92 Å². The molecule has 11 heteroatoms. The number of rotatable bonds is 13. The van der Waals surface area contributed by atoms with Gasteiger partial charge in [0.15, 0.2) is 0 Å². The molecule has 0 spiro atoms. The molecule has 0 aromatic heterocycles. The highest BCUT2D eigenvalue weighted by molar-refractivity contribution is 6.10. The predicted molar refractivity (Wildman–Crippen MR) is 165 cm³/mol. The van der Waals surface area contributed by atoms with E-state index in [1.54, 1.807) is 55.5 Å². The molecular formula is C34H38N4O7. The molecule has 4 rings (SSSR count). The summed E-state index contributed by atoms with van der Waals surface area (Å²) in [6.45, 7) is 4.94. The molecule has 0 saturated carbocycles. The summed E-state index contributed by atoms with van der Waals surface area (Å²) in [5, 5.41) is 14.5. The summed E-state index contributed by atoms with van der Waals surface area (Å²) in [4.78, 5) is 68.8. The molecule has 3 N–H and O–H groups in total. The third-order valence-corrected chi connectivity index (χ3v) is 7.72. The van der Waals surface area contributed by atoms with E-state index in [1.165, 1.54) is 4.90 Å². The van der Waals surface area contributed by atoms with Crippen molar-refractivity contribution in [1.82, 2.24) is 20.4 Å². The van der Waals surface area contributed by atoms with Crippen LogP contribution in [0.3, 0.4) is 0 Å². The third-order valence-electron chi connectivity index (χ3n) is 7.72. The fraction of sp³-hybridized carbons (Fsp3) is 0.324. The average Bonchev–Trinajstić information content (AvgIpc) is 3.22. The largest absolute Gasteiger partial charge is 0.480 e. The SMILES string of the molecule is CC(C)C[C@H](C(=O)NC[C@H](NC(=O)OCc1ccccc1)C(=O)O)N1C(=O)N(Cc2ccccc2)[C@@](C)(c2ccccc2)C1=O. The second-order valence-electron chi connectivity index (χ2n) is 11.5. The maximum absolute atomic E-state index is 14.3. The van der Waals surface area contributed by atoms with Gasteiger partial charge >= 0.3 is 18.1 Å². The van der Waals surface area contributed by atoms with Gasteiger partial charge in [0, 0.05) is 13.1 Å². The Bertz CT molecular complexity index is 1500. The maximum atomic E-state index is 14.3. The Morgan fingerprint density at radius 2 is 1.42 bits per heavy atom. The number of hydrogen-bond acceptors (Lipinski definition) is 6. The van der Waals surface area contributed by atoms with Gasteiger partial charge in [-0.1, -0.05) is 105 Å². The Morgan fingerprint density at radius 1 is 0.867 bits per heavy atom. The predicted octanol–water partition coefficient (Wildman–Crippen LogP) is 4.28. The zero-order valence-electron chi connectivity index (χ0n) is 25.5. The second kappa shape index (κ2) is 14.5. The van der Waals surface area contributed by atoms with Crippen LogP contribution in [-0.2, 0) is 37.8 Å².